The second-order valence-electron chi connectivity index (χ2n) is 1.81. The molecule has 0 bridgehead atoms. The van der Waals surface area contributed by atoms with E-state index in [0.29, 0.717) is 0 Å². The lowest BCUT2D eigenvalue weighted by atomic mass is 10.2. The van der Waals surface area contributed by atoms with Crippen LogP contribution in [0, 0.1) is 25.2 Å². The molecule has 3 heteroatoms. The molecule has 0 unspecified atom stereocenters. The van der Waals surface area contributed by atoms with Crippen LogP contribution in [0.3, 0.4) is 0 Å². The molecule has 1 rings (SSSR count). The number of nitrogens with zero attached hydrogens (tertiary/aromatic N) is 2. The summed E-state index contributed by atoms with van der Waals surface area (Å²) in [5.41, 5.74) is 1.58. The molecule has 0 saturated heterocycles. The lowest BCUT2D eigenvalue weighted by Crippen LogP contribution is -1.75. The van der Waals surface area contributed by atoms with Gasteiger partial charge in [0, 0.05) is 4.88 Å². The van der Waals surface area contributed by atoms with E-state index in [0.717, 1.165) is 16.1 Å². The number of aryl methyl sites for hydroxylation is 2. The maximum atomic E-state index is 8.50. The Morgan fingerprint density at radius 1 is 1.36 bits per heavy atom. The van der Waals surface area contributed by atoms with Crippen LogP contribution in [0.5, 0.6) is 0 Å². The summed E-state index contributed by atoms with van der Waals surface area (Å²) in [4.78, 5) is 1.01. The minimum Gasteiger partial charge on any atom is -0.196 e. The average molecular weight is 168 g/mol. The van der Waals surface area contributed by atoms with Crippen molar-refractivity contribution in [2.24, 2.45) is 0 Å². The number of hydrogen-bond acceptors (Lipinski definition) is 3. The fourth-order valence-corrected chi connectivity index (χ4v) is 1.29. The summed E-state index contributed by atoms with van der Waals surface area (Å²) in [5.74, 6) is 0. The zero-order chi connectivity index (χ0) is 8.85. The summed E-state index contributed by atoms with van der Waals surface area (Å²) < 4.78 is 4.01. The number of nitriles is 1. The second-order valence-corrected chi connectivity index (χ2v) is 2.79. The van der Waals surface area contributed by atoms with E-state index in [2.05, 4.69) is 10.4 Å². The highest BCUT2D eigenvalue weighted by Crippen LogP contribution is 2.14. The minimum atomic E-state index is 0.736. The first-order valence-corrected chi connectivity index (χ1v) is 4.36. The molecule has 0 atom stereocenters. The molecule has 11 heavy (non-hydrogen) atoms. The Kier molecular flexibility index (Phi) is 4.47. The topological polar surface area (TPSA) is 36.7 Å². The fraction of sp³-hybridized carbons (Fsp3) is 0.500. The third kappa shape index (κ3) is 2.32. The Balaban J connectivity index is 0.000000461. The molecule has 0 aliphatic rings. The van der Waals surface area contributed by atoms with Gasteiger partial charge in [-0.1, -0.05) is 13.8 Å². The van der Waals surface area contributed by atoms with Crippen LogP contribution in [-0.4, -0.2) is 4.37 Å². The second kappa shape index (κ2) is 4.86. The van der Waals surface area contributed by atoms with Gasteiger partial charge in [-0.25, -0.2) is 0 Å². The molecule has 60 valence electrons. The highest BCUT2D eigenvalue weighted by Gasteiger charge is 2.03. The van der Waals surface area contributed by atoms with Crippen LogP contribution in [-0.2, 0) is 0 Å². The standard InChI is InChI=1S/C6H6N2S.C2H6/c1-4-6(3-7)5(2)9-8-4;1-2/h1-2H3;1-2H3. The number of aromatic nitrogens is 1. The first-order valence-electron chi connectivity index (χ1n) is 3.58. The van der Waals surface area contributed by atoms with E-state index < -0.39 is 0 Å². The van der Waals surface area contributed by atoms with E-state index >= 15 is 0 Å². The molecule has 0 saturated carbocycles. The highest BCUT2D eigenvalue weighted by molar-refractivity contribution is 7.06. The van der Waals surface area contributed by atoms with Crippen molar-refractivity contribution in [3.8, 4) is 6.07 Å². The molecule has 0 N–H and O–H groups in total. The van der Waals surface area contributed by atoms with Gasteiger partial charge < -0.3 is 0 Å². The molecule has 0 fully saturated rings. The molecule has 0 spiro atoms. The predicted octanol–water partition coefficient (Wildman–Crippen LogP) is 2.66. The molecule has 1 heterocycles. The maximum absolute atomic E-state index is 8.50. The van der Waals surface area contributed by atoms with Gasteiger partial charge in [0.05, 0.1) is 11.3 Å². The number of rotatable bonds is 0. The Morgan fingerprint density at radius 3 is 2.09 bits per heavy atom. The monoisotopic (exact) mass is 168 g/mol. The predicted molar refractivity (Wildman–Crippen MR) is 47.7 cm³/mol. The van der Waals surface area contributed by atoms with Crippen LogP contribution in [0.4, 0.5) is 0 Å². The van der Waals surface area contributed by atoms with Gasteiger partial charge in [-0.15, -0.1) is 0 Å². The van der Waals surface area contributed by atoms with Crippen molar-refractivity contribution in [2.45, 2.75) is 27.7 Å². The van der Waals surface area contributed by atoms with Crippen LogP contribution >= 0.6 is 11.5 Å². The van der Waals surface area contributed by atoms with E-state index in [1.807, 2.05) is 27.7 Å². The van der Waals surface area contributed by atoms with E-state index in [4.69, 9.17) is 5.26 Å². The summed E-state index contributed by atoms with van der Waals surface area (Å²) in [7, 11) is 0. The van der Waals surface area contributed by atoms with Crippen LogP contribution in [0.1, 0.15) is 30.0 Å². The van der Waals surface area contributed by atoms with Crippen LogP contribution in [0.15, 0.2) is 0 Å². The smallest absolute Gasteiger partial charge is 0.102 e. The van der Waals surface area contributed by atoms with Crippen molar-refractivity contribution >= 4 is 11.5 Å². The van der Waals surface area contributed by atoms with Gasteiger partial charge in [0.25, 0.3) is 0 Å². The minimum absolute atomic E-state index is 0.736. The van der Waals surface area contributed by atoms with Crippen molar-refractivity contribution in [2.75, 3.05) is 0 Å². The molecule has 0 radical (unpaired) electrons. The first kappa shape index (κ1) is 10.1. The first-order chi connectivity index (χ1) is 5.25. The van der Waals surface area contributed by atoms with E-state index in [9.17, 15) is 0 Å². The Hall–Kier alpha value is -0.880. The average Bonchev–Trinajstić information content (AvgIpc) is 2.35. The summed E-state index contributed by atoms with van der Waals surface area (Å²) >= 11 is 1.38. The van der Waals surface area contributed by atoms with E-state index in [1.165, 1.54) is 11.5 Å². The number of hydrogen-bond donors (Lipinski definition) is 0. The van der Waals surface area contributed by atoms with Gasteiger partial charge in [0.1, 0.15) is 6.07 Å². The fourth-order valence-electron chi connectivity index (χ4n) is 0.643. The molecular weight excluding hydrogens is 156 g/mol. The molecule has 1 aromatic rings. The molecule has 0 aliphatic carbocycles. The SMILES string of the molecule is CC.Cc1nsc(C)c1C#N. The molecular formula is C8H12N2S. The summed E-state index contributed by atoms with van der Waals surface area (Å²) in [6, 6.07) is 2.09. The van der Waals surface area contributed by atoms with Crippen molar-refractivity contribution in [1.29, 1.82) is 5.26 Å². The van der Waals surface area contributed by atoms with Crippen LogP contribution < -0.4 is 0 Å². The molecule has 1 aromatic heterocycles. The largest absolute Gasteiger partial charge is 0.196 e. The molecule has 2 nitrogen and oxygen atoms in total. The lowest BCUT2D eigenvalue weighted by Gasteiger charge is -1.80. The normalized spacial score (nSPS) is 7.91. The van der Waals surface area contributed by atoms with Gasteiger partial charge >= 0.3 is 0 Å². The molecule has 0 amide bonds. The summed E-state index contributed by atoms with van der Waals surface area (Å²) in [5, 5.41) is 8.50. The van der Waals surface area contributed by atoms with Gasteiger partial charge in [-0.3, -0.25) is 0 Å². The quantitative estimate of drug-likeness (QED) is 0.597. The Labute approximate surface area is 71.7 Å². The van der Waals surface area contributed by atoms with Crippen LogP contribution in [0.25, 0.3) is 0 Å². The van der Waals surface area contributed by atoms with Crippen molar-refractivity contribution in [3.63, 3.8) is 0 Å². The third-order valence-electron chi connectivity index (χ3n) is 1.15. The molecule has 0 aliphatic heterocycles. The van der Waals surface area contributed by atoms with Gasteiger partial charge in [-0.05, 0) is 25.4 Å². The Morgan fingerprint density at radius 2 is 1.91 bits per heavy atom. The Bertz CT molecular complexity index is 238. The summed E-state index contributed by atoms with van der Waals surface area (Å²) in [6.07, 6.45) is 0. The van der Waals surface area contributed by atoms with Gasteiger partial charge in [0.2, 0.25) is 0 Å². The zero-order valence-corrected chi connectivity index (χ0v) is 8.12. The van der Waals surface area contributed by atoms with Crippen molar-refractivity contribution < 1.29 is 0 Å². The lowest BCUT2D eigenvalue weighted by molar-refractivity contribution is 1.30. The highest BCUT2D eigenvalue weighted by atomic mass is 32.1. The van der Waals surface area contributed by atoms with Gasteiger partial charge in [-0.2, -0.15) is 9.64 Å². The zero-order valence-electron chi connectivity index (χ0n) is 7.30. The maximum Gasteiger partial charge on any atom is 0.102 e. The van der Waals surface area contributed by atoms with Crippen molar-refractivity contribution in [3.05, 3.63) is 16.1 Å². The van der Waals surface area contributed by atoms with E-state index in [-0.39, 0.29) is 0 Å². The van der Waals surface area contributed by atoms with Gasteiger partial charge in [0.15, 0.2) is 0 Å². The molecule has 0 aromatic carbocycles. The summed E-state index contributed by atoms with van der Waals surface area (Å²) in [6.45, 7) is 7.76. The third-order valence-corrected chi connectivity index (χ3v) is 1.99. The van der Waals surface area contributed by atoms with E-state index in [1.54, 1.807) is 0 Å². The van der Waals surface area contributed by atoms with Crippen molar-refractivity contribution in [1.82, 2.24) is 4.37 Å². The van der Waals surface area contributed by atoms with Crippen LogP contribution in [0.2, 0.25) is 0 Å².